The molecule has 0 unspecified atom stereocenters. The summed E-state index contributed by atoms with van der Waals surface area (Å²) in [6.45, 7) is -3.47. The quantitative estimate of drug-likeness (QED) is 0.0744. The van der Waals surface area contributed by atoms with Crippen molar-refractivity contribution in [1.82, 2.24) is 0 Å². The van der Waals surface area contributed by atoms with Crippen LogP contribution in [0.1, 0.15) is 13.3 Å². The molecule has 0 saturated carbocycles. The fourth-order valence-corrected chi connectivity index (χ4v) is 2.30. The second-order valence-corrected chi connectivity index (χ2v) is 9.08. The van der Waals surface area contributed by atoms with Crippen LogP contribution in [0, 0.1) is 21.7 Å². The molecule has 0 amide bonds. The average molecular weight is 507 g/mol. The van der Waals surface area contributed by atoms with Crippen molar-refractivity contribution >= 4 is 0 Å². The van der Waals surface area contributed by atoms with Gasteiger partial charge in [0.2, 0.25) is 0 Å². The Labute approximate surface area is 200 Å². The van der Waals surface area contributed by atoms with E-state index in [2.05, 4.69) is 0 Å². The Morgan fingerprint density at radius 1 is 0.353 bits per heavy atom. The Morgan fingerprint density at radius 3 is 0.706 bits per heavy atom. The van der Waals surface area contributed by atoms with Crippen LogP contribution in [0.5, 0.6) is 0 Å². The maximum absolute atomic E-state index is 9.56. The summed E-state index contributed by atoms with van der Waals surface area (Å²) in [5.74, 6) is 0. The second kappa shape index (κ2) is 18.7. The van der Waals surface area contributed by atoms with Gasteiger partial charge in [-0.05, 0) is 6.42 Å². The summed E-state index contributed by atoms with van der Waals surface area (Å²) < 4.78 is 10.7. The van der Waals surface area contributed by atoms with Crippen LogP contribution in [-0.4, -0.2) is 155 Å². The van der Waals surface area contributed by atoms with Crippen LogP contribution < -0.4 is 0 Å². The Hall–Kier alpha value is -0.520. The molecule has 0 fully saturated rings. The summed E-state index contributed by atoms with van der Waals surface area (Å²) in [5.41, 5.74) is -4.35. The molecule has 0 aliphatic heterocycles. The third-order valence-electron chi connectivity index (χ3n) is 6.07. The van der Waals surface area contributed by atoms with E-state index < -0.39 is 74.5 Å². The average Bonchev–Trinajstić information content (AvgIpc) is 2.91. The van der Waals surface area contributed by atoms with Crippen LogP contribution >= 0.6 is 0 Å². The van der Waals surface area contributed by atoms with Crippen LogP contribution in [0.3, 0.4) is 0 Å². The summed E-state index contributed by atoms with van der Waals surface area (Å²) in [7, 11) is 0. The summed E-state index contributed by atoms with van der Waals surface area (Å²) >= 11 is 0. The molecule has 0 bridgehead atoms. The van der Waals surface area contributed by atoms with Crippen LogP contribution in [0.4, 0.5) is 0 Å². The molecule has 0 saturated heterocycles. The van der Waals surface area contributed by atoms with Crippen molar-refractivity contribution in [1.29, 1.82) is 0 Å². The Kier molecular flexibility index (Phi) is 19.6. The molecule has 0 aliphatic carbocycles. The minimum atomic E-state index is -1.24. The minimum Gasteiger partial charge on any atom is -0.396 e. The van der Waals surface area contributed by atoms with Gasteiger partial charge in [-0.15, -0.1) is 0 Å². The van der Waals surface area contributed by atoms with Crippen LogP contribution in [0.2, 0.25) is 0 Å². The van der Waals surface area contributed by atoms with Gasteiger partial charge < -0.3 is 65.6 Å². The summed E-state index contributed by atoms with van der Waals surface area (Å²) in [4.78, 5) is 0. The molecule has 0 aromatic carbocycles. The van der Waals surface area contributed by atoms with E-state index >= 15 is 0 Å². The zero-order chi connectivity index (χ0) is 26.7. The normalized spacial score (nSPS) is 13.1. The van der Waals surface area contributed by atoms with Gasteiger partial charge in [0.05, 0.1) is 115 Å². The van der Waals surface area contributed by atoms with Crippen molar-refractivity contribution in [2.75, 3.05) is 99.1 Å². The minimum absolute atomic E-state index is 0.156. The van der Waals surface area contributed by atoms with Gasteiger partial charge in [-0.3, -0.25) is 0 Å². The highest BCUT2D eigenvalue weighted by molar-refractivity contribution is 4.82. The SMILES string of the molecule is CCC(CO)(CO)CO.OCC(CO)(CO)COCC(CO)(CO)COCC(CO)(CO)CO. The molecule has 11 N–H and O–H groups in total. The Balaban J connectivity index is 0. The first kappa shape index (κ1) is 35.6. The molecule has 0 aromatic heterocycles. The number of aliphatic hydroxyl groups is 11. The number of hydrogen-bond acceptors (Lipinski definition) is 13. The monoisotopic (exact) mass is 506 g/mol. The van der Waals surface area contributed by atoms with E-state index in [9.17, 15) is 40.9 Å². The van der Waals surface area contributed by atoms with E-state index in [1.54, 1.807) is 0 Å². The number of hydrogen-bond donors (Lipinski definition) is 11. The summed E-state index contributed by atoms with van der Waals surface area (Å²) in [5, 5.41) is 101. The largest absolute Gasteiger partial charge is 0.396 e. The molecule has 0 aromatic rings. The lowest BCUT2D eigenvalue weighted by molar-refractivity contribution is -0.127. The molecule has 13 heteroatoms. The molecule has 0 aliphatic rings. The fourth-order valence-electron chi connectivity index (χ4n) is 2.30. The predicted octanol–water partition coefficient (Wildman–Crippen LogP) is -4.72. The smallest absolute Gasteiger partial charge is 0.0632 e. The maximum Gasteiger partial charge on any atom is 0.0632 e. The molecule has 0 spiro atoms. The fraction of sp³-hybridized carbons (Fsp3) is 1.00. The number of rotatable bonds is 20. The molecular weight excluding hydrogens is 460 g/mol. The molecule has 34 heavy (non-hydrogen) atoms. The van der Waals surface area contributed by atoms with Gasteiger partial charge in [0.15, 0.2) is 0 Å². The van der Waals surface area contributed by atoms with Crippen molar-refractivity contribution in [3.63, 3.8) is 0 Å². The van der Waals surface area contributed by atoms with Crippen LogP contribution in [0.25, 0.3) is 0 Å². The first-order valence-corrected chi connectivity index (χ1v) is 11.0. The van der Waals surface area contributed by atoms with Crippen molar-refractivity contribution in [2.24, 2.45) is 21.7 Å². The molecular formula is C21H46O13. The lowest BCUT2D eigenvalue weighted by atomic mass is 9.88. The molecule has 0 rings (SSSR count). The predicted molar refractivity (Wildman–Crippen MR) is 120 cm³/mol. The molecule has 0 radical (unpaired) electrons. The number of ether oxygens (including phenoxy) is 2. The highest BCUT2D eigenvalue weighted by Gasteiger charge is 2.35. The van der Waals surface area contributed by atoms with Gasteiger partial charge in [0.1, 0.15) is 0 Å². The topological polar surface area (TPSA) is 241 Å². The summed E-state index contributed by atoms with van der Waals surface area (Å²) in [6, 6.07) is 0. The van der Waals surface area contributed by atoms with Crippen LogP contribution in [0.15, 0.2) is 0 Å². The third-order valence-corrected chi connectivity index (χ3v) is 6.07. The molecule has 208 valence electrons. The Bertz CT molecular complexity index is 400. The highest BCUT2D eigenvalue weighted by atomic mass is 16.5. The standard InChI is InChI=1S/C15H32O10.C6H14O3/c16-1-13(2-17,3-18)9-24-11-15(7-22,8-23)12-25-10-14(4-19,5-20)6-21;1-2-6(3-7,4-8)5-9/h16-23H,1-12H2;7-9H,2-5H2,1H3. The number of aliphatic hydroxyl groups excluding tert-OH is 11. The molecule has 0 heterocycles. The molecule has 0 atom stereocenters. The first-order valence-electron chi connectivity index (χ1n) is 11.0. The Morgan fingerprint density at radius 2 is 0.559 bits per heavy atom. The van der Waals surface area contributed by atoms with Gasteiger partial charge in [-0.2, -0.15) is 0 Å². The van der Waals surface area contributed by atoms with Gasteiger partial charge in [0, 0.05) is 5.41 Å². The van der Waals surface area contributed by atoms with Crippen molar-refractivity contribution in [3.05, 3.63) is 0 Å². The van der Waals surface area contributed by atoms with E-state index in [4.69, 9.17) is 24.8 Å². The van der Waals surface area contributed by atoms with E-state index in [0.717, 1.165) is 0 Å². The van der Waals surface area contributed by atoms with Crippen molar-refractivity contribution < 1.29 is 65.6 Å². The van der Waals surface area contributed by atoms with Crippen molar-refractivity contribution in [2.45, 2.75) is 13.3 Å². The summed E-state index contributed by atoms with van der Waals surface area (Å²) in [6.07, 6.45) is 0.594. The highest BCUT2D eigenvalue weighted by Crippen LogP contribution is 2.23. The van der Waals surface area contributed by atoms with Gasteiger partial charge in [-0.1, -0.05) is 6.92 Å². The van der Waals surface area contributed by atoms with Crippen molar-refractivity contribution in [3.8, 4) is 0 Å². The zero-order valence-corrected chi connectivity index (χ0v) is 20.0. The maximum atomic E-state index is 9.56. The zero-order valence-electron chi connectivity index (χ0n) is 20.0. The van der Waals surface area contributed by atoms with Gasteiger partial charge >= 0.3 is 0 Å². The van der Waals surface area contributed by atoms with Crippen LogP contribution in [-0.2, 0) is 9.47 Å². The van der Waals surface area contributed by atoms with E-state index in [1.165, 1.54) is 0 Å². The second-order valence-electron chi connectivity index (χ2n) is 9.08. The van der Waals surface area contributed by atoms with Gasteiger partial charge in [-0.25, -0.2) is 0 Å². The van der Waals surface area contributed by atoms with Gasteiger partial charge in [0.25, 0.3) is 0 Å². The van der Waals surface area contributed by atoms with E-state index in [-0.39, 0.29) is 46.2 Å². The molecule has 13 nitrogen and oxygen atoms in total. The first-order chi connectivity index (χ1) is 16.1. The van der Waals surface area contributed by atoms with E-state index in [1.807, 2.05) is 6.92 Å². The lowest BCUT2D eigenvalue weighted by Crippen LogP contribution is -2.45. The lowest BCUT2D eigenvalue weighted by Gasteiger charge is -2.34. The van der Waals surface area contributed by atoms with E-state index in [0.29, 0.717) is 6.42 Å². The third kappa shape index (κ3) is 11.0.